The summed E-state index contributed by atoms with van der Waals surface area (Å²) in [5.74, 6) is 0.617. The van der Waals surface area contributed by atoms with Crippen molar-refractivity contribution in [1.29, 1.82) is 0 Å². The quantitative estimate of drug-likeness (QED) is 0.558. The number of fused-ring (bicyclic) bond motifs is 1. The molecule has 0 bridgehead atoms. The minimum atomic E-state index is -3.85. The van der Waals surface area contributed by atoms with Crippen molar-refractivity contribution in [2.24, 2.45) is 0 Å². The number of aromatic nitrogens is 2. The smallest absolute Gasteiger partial charge is 0.242 e. The van der Waals surface area contributed by atoms with Crippen molar-refractivity contribution in [3.63, 3.8) is 0 Å². The highest BCUT2D eigenvalue weighted by Gasteiger charge is 2.27. The maximum Gasteiger partial charge on any atom is 0.242 e. The van der Waals surface area contributed by atoms with Crippen LogP contribution < -0.4 is 9.47 Å². The van der Waals surface area contributed by atoms with Gasteiger partial charge in [0.25, 0.3) is 0 Å². The Morgan fingerprint density at radius 2 is 1.68 bits per heavy atom. The van der Waals surface area contributed by atoms with Crippen molar-refractivity contribution in [2.75, 3.05) is 27.3 Å². The first-order valence-electron chi connectivity index (χ1n) is 10.1. The second-order valence-electron chi connectivity index (χ2n) is 7.54. The summed E-state index contributed by atoms with van der Waals surface area (Å²) in [5, 5.41) is -0.108. The second-order valence-corrected chi connectivity index (χ2v) is 9.42. The van der Waals surface area contributed by atoms with Gasteiger partial charge in [0.05, 0.1) is 31.0 Å². The Kier molecular flexibility index (Phi) is 5.86. The lowest BCUT2D eigenvalue weighted by molar-refractivity contribution is -0.130. The third kappa shape index (κ3) is 4.36. The molecule has 1 aliphatic heterocycles. The van der Waals surface area contributed by atoms with Gasteiger partial charge in [-0.15, -0.1) is 0 Å². The summed E-state index contributed by atoms with van der Waals surface area (Å²) in [7, 11) is -0.834. The van der Waals surface area contributed by atoms with Gasteiger partial charge < -0.3 is 18.9 Å². The van der Waals surface area contributed by atoms with Crippen LogP contribution in [0.4, 0.5) is 0 Å². The summed E-state index contributed by atoms with van der Waals surface area (Å²) >= 11 is 0. The second kappa shape index (κ2) is 8.58. The number of hydrogen-bond acceptors (Lipinski definition) is 6. The zero-order chi connectivity index (χ0) is 22.0. The van der Waals surface area contributed by atoms with Gasteiger partial charge in [0.15, 0.2) is 0 Å². The molecule has 0 spiro atoms. The Morgan fingerprint density at radius 3 is 2.32 bits per heavy atom. The predicted molar refractivity (Wildman–Crippen MR) is 116 cm³/mol. The van der Waals surface area contributed by atoms with E-state index in [1.807, 2.05) is 6.07 Å². The maximum absolute atomic E-state index is 13.4. The lowest BCUT2D eigenvalue weighted by Crippen LogP contribution is -2.32. The highest BCUT2D eigenvalue weighted by molar-refractivity contribution is 7.90. The van der Waals surface area contributed by atoms with Crippen LogP contribution in [0.15, 0.2) is 47.6 Å². The van der Waals surface area contributed by atoms with Crippen molar-refractivity contribution in [2.45, 2.75) is 30.3 Å². The van der Waals surface area contributed by atoms with Crippen LogP contribution in [-0.2, 0) is 26.9 Å². The average molecular weight is 444 g/mol. The van der Waals surface area contributed by atoms with E-state index in [0.29, 0.717) is 41.2 Å². The number of ether oxygens (including phenoxy) is 2. The molecule has 0 aliphatic carbocycles. The molecule has 9 heteroatoms. The van der Waals surface area contributed by atoms with E-state index in [1.165, 1.54) is 18.8 Å². The predicted octanol–water partition coefficient (Wildman–Crippen LogP) is 2.65. The third-order valence-corrected chi connectivity index (χ3v) is 7.00. The zero-order valence-corrected chi connectivity index (χ0v) is 18.4. The largest absolute Gasteiger partial charge is 0.497 e. The highest BCUT2D eigenvalue weighted by Crippen LogP contribution is 2.27. The molecule has 4 rings (SSSR count). The lowest BCUT2D eigenvalue weighted by atomic mass is 10.2. The Balaban J connectivity index is 1.73. The molecule has 0 saturated carbocycles. The van der Waals surface area contributed by atoms with Crippen LogP contribution in [0.2, 0.25) is 0 Å². The fourth-order valence-corrected chi connectivity index (χ4v) is 5.35. The van der Waals surface area contributed by atoms with Crippen LogP contribution in [0.25, 0.3) is 11.0 Å². The first-order chi connectivity index (χ1) is 14.9. The molecule has 0 unspecified atom stereocenters. The van der Waals surface area contributed by atoms with E-state index in [1.54, 1.807) is 41.3 Å². The summed E-state index contributed by atoms with van der Waals surface area (Å²) < 4.78 is 38.8. The summed E-state index contributed by atoms with van der Waals surface area (Å²) in [6.07, 6.45) is 1.94. The number of benzene rings is 2. The summed E-state index contributed by atoms with van der Waals surface area (Å²) in [6, 6.07) is 12.1. The van der Waals surface area contributed by atoms with E-state index in [-0.39, 0.29) is 23.4 Å². The molecule has 31 heavy (non-hydrogen) atoms. The van der Waals surface area contributed by atoms with Crippen molar-refractivity contribution >= 4 is 26.8 Å². The number of rotatable bonds is 7. The van der Waals surface area contributed by atoms with Crippen LogP contribution in [0.1, 0.15) is 18.4 Å². The normalized spacial score (nSPS) is 14.2. The number of carbonyl (C=O) groups is 1. The molecule has 1 saturated heterocycles. The van der Waals surface area contributed by atoms with Gasteiger partial charge in [0.1, 0.15) is 18.0 Å². The molecule has 2 heterocycles. The fraction of sp³-hybridized carbons (Fsp3) is 0.364. The van der Waals surface area contributed by atoms with E-state index in [4.69, 9.17) is 9.47 Å². The number of carbonyl (C=O) groups excluding carboxylic acids is 1. The molecule has 1 aromatic heterocycles. The van der Waals surface area contributed by atoms with Gasteiger partial charge in [-0.25, -0.2) is 13.4 Å². The van der Waals surface area contributed by atoms with E-state index < -0.39 is 9.84 Å². The molecular formula is C22H25N3O5S. The molecule has 1 fully saturated rings. The molecule has 8 nitrogen and oxygen atoms in total. The number of hydrogen-bond donors (Lipinski definition) is 0. The number of nitrogens with zero attached hydrogens (tertiary/aromatic N) is 3. The Hall–Kier alpha value is -3.07. The maximum atomic E-state index is 13.4. The molecular weight excluding hydrogens is 418 g/mol. The summed E-state index contributed by atoms with van der Waals surface area (Å²) in [6.45, 7) is 1.35. The molecule has 164 valence electrons. The number of imidazole rings is 1. The number of para-hydroxylation sites is 2. The van der Waals surface area contributed by atoms with Crippen molar-refractivity contribution in [1.82, 2.24) is 14.5 Å². The van der Waals surface area contributed by atoms with Gasteiger partial charge in [-0.1, -0.05) is 12.1 Å². The first-order valence-corrected chi connectivity index (χ1v) is 11.7. The van der Waals surface area contributed by atoms with Gasteiger partial charge in [-0.2, -0.15) is 0 Å². The topological polar surface area (TPSA) is 90.7 Å². The van der Waals surface area contributed by atoms with Crippen LogP contribution in [0.3, 0.4) is 0 Å². The van der Waals surface area contributed by atoms with Crippen molar-refractivity contribution in [3.8, 4) is 11.5 Å². The van der Waals surface area contributed by atoms with Crippen molar-refractivity contribution in [3.05, 3.63) is 48.0 Å². The van der Waals surface area contributed by atoms with E-state index >= 15 is 0 Å². The molecule has 1 aliphatic rings. The minimum Gasteiger partial charge on any atom is -0.497 e. The van der Waals surface area contributed by atoms with Gasteiger partial charge in [0.2, 0.25) is 20.9 Å². The fourth-order valence-electron chi connectivity index (χ4n) is 3.88. The van der Waals surface area contributed by atoms with Crippen LogP contribution in [0, 0.1) is 0 Å². The summed E-state index contributed by atoms with van der Waals surface area (Å²) in [5.41, 5.74) is 1.68. The molecule has 1 amide bonds. The van der Waals surface area contributed by atoms with E-state index in [2.05, 4.69) is 4.98 Å². The van der Waals surface area contributed by atoms with Gasteiger partial charge >= 0.3 is 0 Å². The van der Waals surface area contributed by atoms with Gasteiger partial charge in [0, 0.05) is 19.2 Å². The standard InChI is InChI=1S/C22H25N3O5S/c1-29-17-11-16(12-18(13-17)30-2)15-31(27,28)22-23-19-7-3-4-8-20(19)25(22)14-21(26)24-9-5-6-10-24/h3-4,7-8,11-13H,5-6,9-10,14-15H2,1-2H3. The number of sulfone groups is 1. The zero-order valence-electron chi connectivity index (χ0n) is 17.6. The van der Waals surface area contributed by atoms with Crippen LogP contribution in [0.5, 0.6) is 11.5 Å². The number of methoxy groups -OCH3 is 2. The summed E-state index contributed by atoms with van der Waals surface area (Å²) in [4.78, 5) is 19.0. The minimum absolute atomic E-state index is 0.0590. The highest BCUT2D eigenvalue weighted by atomic mass is 32.2. The molecule has 2 aromatic carbocycles. The third-order valence-electron chi connectivity index (χ3n) is 5.42. The molecule has 0 N–H and O–H groups in total. The monoisotopic (exact) mass is 443 g/mol. The average Bonchev–Trinajstić information content (AvgIpc) is 3.42. The Morgan fingerprint density at radius 1 is 1.03 bits per heavy atom. The lowest BCUT2D eigenvalue weighted by Gasteiger charge is -2.17. The van der Waals surface area contributed by atoms with E-state index in [9.17, 15) is 13.2 Å². The van der Waals surface area contributed by atoms with E-state index in [0.717, 1.165) is 12.8 Å². The Bertz CT molecular complexity index is 1190. The number of amides is 1. The van der Waals surface area contributed by atoms with Gasteiger partial charge in [-0.3, -0.25) is 4.79 Å². The number of likely N-dealkylation sites (tertiary alicyclic amines) is 1. The first kappa shape index (κ1) is 21.2. The SMILES string of the molecule is COc1cc(CS(=O)(=O)c2nc3ccccc3n2CC(=O)N2CCCC2)cc(OC)c1. The molecule has 0 radical (unpaired) electrons. The van der Waals surface area contributed by atoms with Crippen molar-refractivity contribution < 1.29 is 22.7 Å². The van der Waals surface area contributed by atoms with Crippen LogP contribution in [-0.4, -0.2) is 56.1 Å². The molecule has 3 aromatic rings. The van der Waals surface area contributed by atoms with Gasteiger partial charge in [-0.05, 0) is 42.7 Å². The van der Waals surface area contributed by atoms with Crippen LogP contribution >= 0.6 is 0 Å². The molecule has 0 atom stereocenters. The Labute approximate surface area is 181 Å².